The summed E-state index contributed by atoms with van der Waals surface area (Å²) in [5.74, 6) is 1.74. The standard InChI is InChI=1S/C8H10O.C7H7BrOS/c1-7-3-5-8(9-2)6-4-7;1-9-5-2-3-6(8)7(10)4-5/h3-6H,1-2H3;2-4,10H,1H3. The molecule has 102 valence electrons. The van der Waals surface area contributed by atoms with Gasteiger partial charge in [0.05, 0.1) is 14.2 Å². The van der Waals surface area contributed by atoms with E-state index in [2.05, 4.69) is 35.5 Å². The first kappa shape index (κ1) is 15.9. The number of benzene rings is 2. The van der Waals surface area contributed by atoms with E-state index in [9.17, 15) is 0 Å². The lowest BCUT2D eigenvalue weighted by Gasteiger charge is -2.00. The van der Waals surface area contributed by atoms with Gasteiger partial charge in [-0.25, -0.2) is 0 Å². The Hall–Kier alpha value is -1.13. The van der Waals surface area contributed by atoms with E-state index in [4.69, 9.17) is 9.47 Å². The van der Waals surface area contributed by atoms with Gasteiger partial charge in [0, 0.05) is 9.37 Å². The summed E-state index contributed by atoms with van der Waals surface area (Å²) >= 11 is 7.52. The predicted octanol–water partition coefficient (Wildman–Crippen LogP) is 4.75. The lowest BCUT2D eigenvalue weighted by atomic mass is 10.2. The lowest BCUT2D eigenvalue weighted by Crippen LogP contribution is -1.81. The predicted molar refractivity (Wildman–Crippen MR) is 85.7 cm³/mol. The van der Waals surface area contributed by atoms with Gasteiger partial charge in [-0.1, -0.05) is 17.7 Å². The average Bonchev–Trinajstić information content (AvgIpc) is 2.43. The fourth-order valence-corrected chi connectivity index (χ4v) is 1.74. The van der Waals surface area contributed by atoms with Crippen molar-refractivity contribution in [1.82, 2.24) is 0 Å². The molecule has 19 heavy (non-hydrogen) atoms. The van der Waals surface area contributed by atoms with Crippen molar-refractivity contribution in [3.8, 4) is 11.5 Å². The molecule has 2 nitrogen and oxygen atoms in total. The van der Waals surface area contributed by atoms with E-state index < -0.39 is 0 Å². The quantitative estimate of drug-likeness (QED) is 0.795. The first-order chi connectivity index (χ1) is 9.06. The van der Waals surface area contributed by atoms with Gasteiger partial charge in [-0.2, -0.15) is 0 Å². The van der Waals surface area contributed by atoms with Crippen molar-refractivity contribution < 1.29 is 9.47 Å². The second-order valence-electron chi connectivity index (χ2n) is 3.83. The Morgan fingerprint density at radius 3 is 1.89 bits per heavy atom. The highest BCUT2D eigenvalue weighted by Gasteiger charge is 1.95. The van der Waals surface area contributed by atoms with Crippen LogP contribution in [-0.2, 0) is 0 Å². The summed E-state index contributed by atoms with van der Waals surface area (Å²) in [6.07, 6.45) is 0. The Morgan fingerprint density at radius 2 is 1.42 bits per heavy atom. The van der Waals surface area contributed by atoms with Crippen LogP contribution in [0.2, 0.25) is 0 Å². The number of rotatable bonds is 2. The summed E-state index contributed by atoms with van der Waals surface area (Å²) in [6, 6.07) is 13.6. The van der Waals surface area contributed by atoms with E-state index in [0.29, 0.717) is 0 Å². The largest absolute Gasteiger partial charge is 0.497 e. The fraction of sp³-hybridized carbons (Fsp3) is 0.200. The Bertz CT molecular complexity index is 512. The van der Waals surface area contributed by atoms with Crippen molar-refractivity contribution in [3.05, 3.63) is 52.5 Å². The summed E-state index contributed by atoms with van der Waals surface area (Å²) in [5, 5.41) is 0. The zero-order chi connectivity index (χ0) is 14.3. The van der Waals surface area contributed by atoms with E-state index >= 15 is 0 Å². The third kappa shape index (κ3) is 5.57. The molecule has 2 aromatic rings. The van der Waals surface area contributed by atoms with Crippen LogP contribution < -0.4 is 9.47 Å². The molecule has 0 aromatic heterocycles. The summed E-state index contributed by atoms with van der Waals surface area (Å²) in [6.45, 7) is 2.06. The normalized spacial score (nSPS) is 9.32. The maximum atomic E-state index is 4.98. The molecule has 0 aliphatic rings. The number of ether oxygens (including phenoxy) is 2. The van der Waals surface area contributed by atoms with Gasteiger partial charge in [0.2, 0.25) is 0 Å². The Morgan fingerprint density at radius 1 is 0.895 bits per heavy atom. The molecule has 0 amide bonds. The second-order valence-corrected chi connectivity index (χ2v) is 5.17. The van der Waals surface area contributed by atoms with E-state index in [1.165, 1.54) is 5.56 Å². The van der Waals surface area contributed by atoms with Gasteiger partial charge in [0.25, 0.3) is 0 Å². The molecule has 0 N–H and O–H groups in total. The van der Waals surface area contributed by atoms with Crippen LogP contribution in [0.5, 0.6) is 11.5 Å². The number of methoxy groups -OCH3 is 2. The van der Waals surface area contributed by atoms with E-state index in [0.717, 1.165) is 20.9 Å². The third-order valence-corrected chi connectivity index (χ3v) is 3.78. The monoisotopic (exact) mass is 340 g/mol. The number of hydrogen-bond acceptors (Lipinski definition) is 3. The molecule has 0 unspecified atom stereocenters. The van der Waals surface area contributed by atoms with Gasteiger partial charge >= 0.3 is 0 Å². The zero-order valence-corrected chi connectivity index (χ0v) is 13.7. The van der Waals surface area contributed by atoms with Gasteiger partial charge in [0.1, 0.15) is 11.5 Å². The van der Waals surface area contributed by atoms with Crippen LogP contribution in [-0.4, -0.2) is 14.2 Å². The summed E-state index contributed by atoms with van der Waals surface area (Å²) in [7, 11) is 3.31. The second kappa shape index (κ2) is 8.12. The molecule has 4 heteroatoms. The highest BCUT2D eigenvalue weighted by atomic mass is 79.9. The van der Waals surface area contributed by atoms with Crippen LogP contribution >= 0.6 is 28.6 Å². The number of thiol groups is 1. The van der Waals surface area contributed by atoms with E-state index in [1.807, 2.05) is 42.5 Å². The molecule has 0 fully saturated rings. The highest BCUT2D eigenvalue weighted by molar-refractivity contribution is 9.10. The molecule has 0 bridgehead atoms. The molecule has 0 radical (unpaired) electrons. The highest BCUT2D eigenvalue weighted by Crippen LogP contribution is 2.24. The average molecular weight is 341 g/mol. The van der Waals surface area contributed by atoms with Crippen molar-refractivity contribution >= 4 is 28.6 Å². The van der Waals surface area contributed by atoms with Crippen molar-refractivity contribution in [2.45, 2.75) is 11.8 Å². The van der Waals surface area contributed by atoms with Crippen molar-refractivity contribution in [3.63, 3.8) is 0 Å². The SMILES string of the molecule is COc1ccc(Br)c(S)c1.COc1ccc(C)cc1. The topological polar surface area (TPSA) is 18.5 Å². The molecule has 0 saturated heterocycles. The Balaban J connectivity index is 0.000000191. The number of aryl methyl sites for hydroxylation is 1. The molecule has 0 spiro atoms. The maximum absolute atomic E-state index is 4.98. The molecule has 0 atom stereocenters. The van der Waals surface area contributed by atoms with Crippen LogP contribution in [0.15, 0.2) is 51.8 Å². The smallest absolute Gasteiger partial charge is 0.120 e. The number of hydrogen-bond donors (Lipinski definition) is 1. The Kier molecular flexibility index (Phi) is 6.81. The van der Waals surface area contributed by atoms with Crippen LogP contribution in [0, 0.1) is 6.92 Å². The van der Waals surface area contributed by atoms with Gasteiger partial charge < -0.3 is 9.47 Å². The minimum Gasteiger partial charge on any atom is -0.497 e. The third-order valence-electron chi connectivity index (χ3n) is 2.41. The summed E-state index contributed by atoms with van der Waals surface area (Å²) in [4.78, 5) is 0.888. The van der Waals surface area contributed by atoms with Crippen molar-refractivity contribution in [1.29, 1.82) is 0 Å². The molecule has 0 heterocycles. The summed E-state index contributed by atoms with van der Waals surface area (Å²) < 4.78 is 10.9. The van der Waals surface area contributed by atoms with Crippen LogP contribution in [0.1, 0.15) is 5.56 Å². The van der Waals surface area contributed by atoms with Gasteiger partial charge in [0.15, 0.2) is 0 Å². The number of halogens is 1. The molecule has 0 aliphatic carbocycles. The molecular weight excluding hydrogens is 324 g/mol. The van der Waals surface area contributed by atoms with Gasteiger partial charge in [-0.05, 0) is 53.2 Å². The maximum Gasteiger partial charge on any atom is 0.120 e. The molecule has 0 saturated carbocycles. The molecule has 2 rings (SSSR count). The Labute approximate surface area is 128 Å². The van der Waals surface area contributed by atoms with Crippen molar-refractivity contribution in [2.75, 3.05) is 14.2 Å². The van der Waals surface area contributed by atoms with Gasteiger partial charge in [-0.3, -0.25) is 0 Å². The molecule has 0 aliphatic heterocycles. The molecule has 2 aromatic carbocycles. The first-order valence-corrected chi connectivity index (χ1v) is 6.94. The van der Waals surface area contributed by atoms with Crippen LogP contribution in [0.3, 0.4) is 0 Å². The van der Waals surface area contributed by atoms with E-state index in [-0.39, 0.29) is 0 Å². The van der Waals surface area contributed by atoms with Gasteiger partial charge in [-0.15, -0.1) is 12.6 Å². The lowest BCUT2D eigenvalue weighted by molar-refractivity contribution is 0.413. The van der Waals surface area contributed by atoms with Crippen molar-refractivity contribution in [2.24, 2.45) is 0 Å². The van der Waals surface area contributed by atoms with Crippen LogP contribution in [0.25, 0.3) is 0 Å². The minimum atomic E-state index is 0.827. The van der Waals surface area contributed by atoms with Crippen LogP contribution in [0.4, 0.5) is 0 Å². The first-order valence-electron chi connectivity index (χ1n) is 5.70. The van der Waals surface area contributed by atoms with E-state index in [1.54, 1.807) is 14.2 Å². The molecular formula is C15H17BrO2S. The zero-order valence-electron chi connectivity index (χ0n) is 11.2. The summed E-state index contributed by atoms with van der Waals surface area (Å²) in [5.41, 5.74) is 1.26. The minimum absolute atomic E-state index is 0.827. The fourth-order valence-electron chi connectivity index (χ4n) is 1.29.